The van der Waals surface area contributed by atoms with Gasteiger partial charge >= 0.3 is 0 Å². The van der Waals surface area contributed by atoms with Crippen LogP contribution in [0.4, 0.5) is 0 Å². The van der Waals surface area contributed by atoms with Crippen molar-refractivity contribution in [2.45, 2.75) is 6.61 Å². The van der Waals surface area contributed by atoms with Gasteiger partial charge < -0.3 is 14.8 Å². The van der Waals surface area contributed by atoms with E-state index >= 15 is 0 Å². The number of rotatable bonds is 3. The van der Waals surface area contributed by atoms with Crippen molar-refractivity contribution < 1.29 is 9.84 Å². The number of aromatic nitrogens is 3. The highest BCUT2D eigenvalue weighted by Gasteiger charge is 2.19. The summed E-state index contributed by atoms with van der Waals surface area (Å²) in [5, 5.41) is 14.7. The van der Waals surface area contributed by atoms with E-state index in [1.54, 1.807) is 37.6 Å². The number of aliphatic hydroxyl groups excluding tert-OH is 1. The normalized spacial score (nSPS) is 11.2. The minimum atomic E-state index is -0.192. The Labute approximate surface area is 137 Å². The maximum atomic E-state index is 12.7. The van der Waals surface area contributed by atoms with Crippen LogP contribution >= 0.6 is 0 Å². The van der Waals surface area contributed by atoms with Crippen LogP contribution in [0.3, 0.4) is 0 Å². The van der Waals surface area contributed by atoms with Gasteiger partial charge in [-0.25, -0.2) is 0 Å². The monoisotopic (exact) mass is 321 g/mol. The molecule has 2 heterocycles. The van der Waals surface area contributed by atoms with Crippen molar-refractivity contribution >= 4 is 10.9 Å². The Hall–Kier alpha value is -3.12. The predicted molar refractivity (Wildman–Crippen MR) is 90.8 cm³/mol. The van der Waals surface area contributed by atoms with Gasteiger partial charge in [-0.15, -0.1) is 0 Å². The first-order valence-corrected chi connectivity index (χ1v) is 7.49. The second-order valence-electron chi connectivity index (χ2n) is 5.50. The summed E-state index contributed by atoms with van der Waals surface area (Å²) in [5.74, 6) is 0.717. The maximum Gasteiger partial charge on any atom is 0.282 e. The number of aromatic amines is 1. The van der Waals surface area contributed by atoms with Crippen LogP contribution < -0.4 is 10.3 Å². The van der Waals surface area contributed by atoms with Gasteiger partial charge in [-0.2, -0.15) is 9.78 Å². The number of nitrogens with one attached hydrogen (secondary N) is 1. The van der Waals surface area contributed by atoms with Crippen LogP contribution in [-0.4, -0.2) is 27.0 Å². The summed E-state index contributed by atoms with van der Waals surface area (Å²) in [6.45, 7) is -0.0598. The molecule has 2 aromatic carbocycles. The topological polar surface area (TPSA) is 80.1 Å². The van der Waals surface area contributed by atoms with E-state index < -0.39 is 0 Å². The Bertz CT molecular complexity index is 1050. The first-order valence-electron chi connectivity index (χ1n) is 7.49. The Balaban J connectivity index is 1.96. The lowest BCUT2D eigenvalue weighted by molar-refractivity contribution is 0.282. The number of H-pyrrole nitrogens is 1. The van der Waals surface area contributed by atoms with Crippen molar-refractivity contribution in [1.29, 1.82) is 0 Å². The molecule has 0 unspecified atom stereocenters. The van der Waals surface area contributed by atoms with Crippen LogP contribution in [0.1, 0.15) is 5.56 Å². The van der Waals surface area contributed by atoms with Crippen molar-refractivity contribution in [2.75, 3.05) is 7.11 Å². The second kappa shape index (κ2) is 5.50. The van der Waals surface area contributed by atoms with E-state index in [1.807, 2.05) is 18.2 Å². The lowest BCUT2D eigenvalue weighted by Crippen LogP contribution is -2.14. The quantitative estimate of drug-likeness (QED) is 0.607. The zero-order valence-corrected chi connectivity index (χ0v) is 13.0. The van der Waals surface area contributed by atoms with Crippen molar-refractivity contribution in [3.63, 3.8) is 0 Å². The number of fused-ring (bicyclic) bond motifs is 3. The van der Waals surface area contributed by atoms with Crippen LogP contribution in [0, 0.1) is 0 Å². The summed E-state index contributed by atoms with van der Waals surface area (Å²) in [7, 11) is 1.59. The average Bonchev–Trinajstić information content (AvgIpc) is 2.98. The van der Waals surface area contributed by atoms with Crippen LogP contribution in [0.25, 0.3) is 27.8 Å². The number of aliphatic hydroxyl groups is 1. The van der Waals surface area contributed by atoms with Gasteiger partial charge in [0.25, 0.3) is 5.56 Å². The van der Waals surface area contributed by atoms with Gasteiger partial charge in [-0.1, -0.05) is 6.07 Å². The van der Waals surface area contributed by atoms with Crippen molar-refractivity contribution in [2.24, 2.45) is 0 Å². The molecule has 0 spiro atoms. The summed E-state index contributed by atoms with van der Waals surface area (Å²) in [5.41, 5.74) is 3.23. The van der Waals surface area contributed by atoms with Crippen molar-refractivity contribution in [1.82, 2.24) is 14.8 Å². The second-order valence-corrected chi connectivity index (χ2v) is 5.50. The fourth-order valence-electron chi connectivity index (χ4n) is 2.80. The lowest BCUT2D eigenvalue weighted by atomic mass is 10.1. The molecule has 2 aliphatic rings. The minimum absolute atomic E-state index is 0.0598. The molecule has 4 rings (SSSR count). The molecule has 0 amide bonds. The van der Waals surface area contributed by atoms with Gasteiger partial charge in [0.1, 0.15) is 11.4 Å². The third kappa shape index (κ3) is 2.16. The number of pyridine rings is 1. The summed E-state index contributed by atoms with van der Waals surface area (Å²) in [6, 6.07) is 12.7. The number of methoxy groups -OCH3 is 1. The number of nitrogens with zero attached hydrogens (tertiary/aromatic N) is 2. The fourth-order valence-corrected chi connectivity index (χ4v) is 2.80. The SMILES string of the molecule is COc1ccc(-n2nc3c4cc(CO)ccc4[nH]cc-3c2=O)cc1. The molecule has 6 heteroatoms. The first-order chi connectivity index (χ1) is 11.7. The molecule has 2 N–H and O–H groups in total. The zero-order valence-electron chi connectivity index (χ0n) is 13.0. The van der Waals surface area contributed by atoms with E-state index in [9.17, 15) is 9.90 Å². The van der Waals surface area contributed by atoms with E-state index in [2.05, 4.69) is 10.1 Å². The van der Waals surface area contributed by atoms with Gasteiger partial charge in [0, 0.05) is 17.1 Å². The predicted octanol–water partition coefficient (Wildman–Crippen LogP) is 2.32. The Morgan fingerprint density at radius 3 is 2.71 bits per heavy atom. The highest BCUT2D eigenvalue weighted by molar-refractivity contribution is 5.93. The molecule has 6 nitrogen and oxygen atoms in total. The van der Waals surface area contributed by atoms with Crippen LogP contribution in [0.5, 0.6) is 5.75 Å². The van der Waals surface area contributed by atoms with Gasteiger partial charge in [-0.3, -0.25) is 4.79 Å². The van der Waals surface area contributed by atoms with Gasteiger partial charge in [-0.05, 0) is 42.0 Å². The van der Waals surface area contributed by atoms with E-state index in [0.29, 0.717) is 22.7 Å². The smallest absolute Gasteiger partial charge is 0.282 e. The van der Waals surface area contributed by atoms with E-state index in [-0.39, 0.29) is 12.2 Å². The Morgan fingerprint density at radius 1 is 1.21 bits per heavy atom. The molecule has 0 saturated heterocycles. The largest absolute Gasteiger partial charge is 0.497 e. The number of benzene rings is 2. The lowest BCUT2D eigenvalue weighted by Gasteiger charge is -2.04. The molecule has 24 heavy (non-hydrogen) atoms. The third-order valence-electron chi connectivity index (χ3n) is 4.09. The summed E-state index contributed by atoms with van der Waals surface area (Å²) in [6.07, 6.45) is 1.67. The zero-order chi connectivity index (χ0) is 16.7. The Morgan fingerprint density at radius 2 is 2.00 bits per heavy atom. The average molecular weight is 321 g/mol. The van der Waals surface area contributed by atoms with E-state index in [1.165, 1.54) is 4.68 Å². The molecule has 0 aliphatic carbocycles. The third-order valence-corrected chi connectivity index (χ3v) is 4.09. The molecule has 0 fully saturated rings. The fraction of sp³-hybridized carbons (Fsp3) is 0.111. The highest BCUT2D eigenvalue weighted by atomic mass is 16.5. The number of hydrogen-bond acceptors (Lipinski definition) is 4. The van der Waals surface area contributed by atoms with E-state index in [0.717, 1.165) is 16.5 Å². The highest BCUT2D eigenvalue weighted by Crippen LogP contribution is 2.27. The summed E-state index contributed by atoms with van der Waals surface area (Å²) in [4.78, 5) is 15.8. The Kier molecular flexibility index (Phi) is 3.32. The van der Waals surface area contributed by atoms with Crippen LogP contribution in [0.15, 0.2) is 53.5 Å². The standard InChI is InChI=1S/C18H15N3O3/c1-24-13-5-3-12(4-6-13)21-18(23)15-9-19-16-7-2-11(10-22)8-14(16)17(15)20-21/h2-9,19,22H,10H2,1H3. The summed E-state index contributed by atoms with van der Waals surface area (Å²) >= 11 is 0. The minimum Gasteiger partial charge on any atom is -0.497 e. The molecule has 2 aromatic rings. The van der Waals surface area contributed by atoms with Crippen molar-refractivity contribution in [3.05, 3.63) is 64.6 Å². The maximum absolute atomic E-state index is 12.7. The van der Waals surface area contributed by atoms with Crippen molar-refractivity contribution in [3.8, 4) is 22.7 Å². The van der Waals surface area contributed by atoms with Crippen LogP contribution in [-0.2, 0) is 6.61 Å². The molecule has 0 bridgehead atoms. The van der Waals surface area contributed by atoms with Gasteiger partial charge in [0.2, 0.25) is 0 Å². The molecule has 0 saturated carbocycles. The van der Waals surface area contributed by atoms with Crippen LogP contribution in [0.2, 0.25) is 0 Å². The molecule has 2 aliphatic heterocycles. The molecule has 0 aromatic heterocycles. The molecule has 120 valence electrons. The number of hydrogen-bond donors (Lipinski definition) is 2. The molecule has 0 atom stereocenters. The number of ether oxygens (including phenoxy) is 1. The first kappa shape index (κ1) is 14.5. The molecular formula is C18H15N3O3. The molecule has 0 radical (unpaired) electrons. The summed E-state index contributed by atoms with van der Waals surface area (Å²) < 4.78 is 6.52. The van der Waals surface area contributed by atoms with E-state index in [4.69, 9.17) is 4.74 Å². The molecular weight excluding hydrogens is 306 g/mol. The van der Waals surface area contributed by atoms with Gasteiger partial charge in [0.15, 0.2) is 0 Å². The van der Waals surface area contributed by atoms with Gasteiger partial charge in [0.05, 0.1) is 25.0 Å².